The third-order valence-corrected chi connectivity index (χ3v) is 3.30. The van der Waals surface area contributed by atoms with Crippen LogP contribution in [0.15, 0.2) is 18.2 Å². The van der Waals surface area contributed by atoms with Crippen LogP contribution in [0.1, 0.15) is 24.5 Å². The molecule has 1 fully saturated rings. The Labute approximate surface area is 111 Å². The number of benzene rings is 1. The largest absolute Gasteiger partial charge is 0.389 e. The van der Waals surface area contributed by atoms with E-state index in [2.05, 4.69) is 0 Å². The second-order valence-electron chi connectivity index (χ2n) is 4.76. The molecule has 1 amide bonds. The molecule has 1 heterocycles. The third kappa shape index (κ3) is 2.67. The number of halogens is 1. The maximum atomic E-state index is 13.4. The average Bonchev–Trinajstić information content (AvgIpc) is 2.60. The normalized spacial score (nSPS) is 19.3. The lowest BCUT2D eigenvalue weighted by Crippen LogP contribution is -2.24. The minimum absolute atomic E-state index is 0.0375. The van der Waals surface area contributed by atoms with Crippen LogP contribution >= 0.6 is 12.2 Å². The molecule has 5 heteroatoms. The fourth-order valence-electron chi connectivity index (χ4n) is 2.20. The van der Waals surface area contributed by atoms with Crippen molar-refractivity contribution in [3.8, 4) is 0 Å². The molecule has 1 saturated heterocycles. The number of amides is 1. The molecule has 1 aliphatic rings. The Kier molecular flexibility index (Phi) is 3.61. The van der Waals surface area contributed by atoms with Gasteiger partial charge in [-0.25, -0.2) is 4.39 Å². The van der Waals surface area contributed by atoms with E-state index >= 15 is 0 Å². The second kappa shape index (κ2) is 5.02. The molecule has 0 bridgehead atoms. The molecule has 0 aliphatic carbocycles. The summed E-state index contributed by atoms with van der Waals surface area (Å²) in [5.41, 5.74) is 6.54. The molecule has 1 aromatic carbocycles. The predicted molar refractivity (Wildman–Crippen MR) is 71.5 cm³/mol. The van der Waals surface area contributed by atoms with Crippen molar-refractivity contribution in [1.29, 1.82) is 0 Å². The first-order valence-corrected chi connectivity index (χ1v) is 6.24. The predicted octanol–water partition coefficient (Wildman–Crippen LogP) is 1.83. The lowest BCUT2D eigenvalue weighted by atomic mass is 10.1. The molecule has 2 N–H and O–H groups in total. The summed E-state index contributed by atoms with van der Waals surface area (Å²) in [7, 11) is 0. The van der Waals surface area contributed by atoms with Crippen molar-refractivity contribution in [2.75, 3.05) is 6.54 Å². The van der Waals surface area contributed by atoms with Crippen LogP contribution in [0.5, 0.6) is 0 Å². The zero-order valence-electron chi connectivity index (χ0n) is 10.1. The molecule has 0 spiro atoms. The van der Waals surface area contributed by atoms with Gasteiger partial charge in [0.05, 0.1) is 0 Å². The standard InChI is InChI=1S/C13H15FN2OS/c1-8-4-12(17)16(6-8)7-9-2-3-11(14)10(5-9)13(15)18/h2-3,5,8H,4,6-7H2,1H3,(H2,15,18). The van der Waals surface area contributed by atoms with Crippen LogP contribution in [0.2, 0.25) is 0 Å². The lowest BCUT2D eigenvalue weighted by molar-refractivity contribution is -0.128. The SMILES string of the molecule is CC1CC(=O)N(Cc2ccc(F)c(C(N)=S)c2)C1. The Morgan fingerprint density at radius 3 is 2.89 bits per heavy atom. The first kappa shape index (κ1) is 13.0. The van der Waals surface area contributed by atoms with Gasteiger partial charge in [0.25, 0.3) is 0 Å². The van der Waals surface area contributed by atoms with Crippen molar-refractivity contribution in [2.24, 2.45) is 11.7 Å². The van der Waals surface area contributed by atoms with E-state index in [1.165, 1.54) is 6.07 Å². The van der Waals surface area contributed by atoms with Gasteiger partial charge < -0.3 is 10.6 Å². The van der Waals surface area contributed by atoms with Crippen molar-refractivity contribution >= 4 is 23.1 Å². The topological polar surface area (TPSA) is 46.3 Å². The lowest BCUT2D eigenvalue weighted by Gasteiger charge is -2.16. The van der Waals surface area contributed by atoms with Gasteiger partial charge >= 0.3 is 0 Å². The number of likely N-dealkylation sites (tertiary alicyclic amines) is 1. The highest BCUT2D eigenvalue weighted by atomic mass is 32.1. The second-order valence-corrected chi connectivity index (χ2v) is 5.20. The number of carbonyl (C=O) groups is 1. The van der Waals surface area contributed by atoms with Crippen LogP contribution in [-0.4, -0.2) is 22.3 Å². The Balaban J connectivity index is 2.17. The number of hydrogen-bond donors (Lipinski definition) is 1. The van der Waals surface area contributed by atoms with Crippen molar-refractivity contribution in [3.63, 3.8) is 0 Å². The molecule has 2 rings (SSSR count). The summed E-state index contributed by atoms with van der Waals surface area (Å²) in [6, 6.07) is 4.62. The van der Waals surface area contributed by atoms with Crippen LogP contribution in [0, 0.1) is 11.7 Å². The van der Waals surface area contributed by atoms with Gasteiger partial charge in [-0.1, -0.05) is 25.2 Å². The number of carbonyl (C=O) groups excluding carboxylic acids is 1. The van der Waals surface area contributed by atoms with Crippen LogP contribution < -0.4 is 5.73 Å². The van der Waals surface area contributed by atoms with E-state index in [9.17, 15) is 9.18 Å². The molecule has 1 atom stereocenters. The number of nitrogens with zero attached hydrogens (tertiary/aromatic N) is 1. The van der Waals surface area contributed by atoms with E-state index in [1.54, 1.807) is 17.0 Å². The molecule has 96 valence electrons. The summed E-state index contributed by atoms with van der Waals surface area (Å²) >= 11 is 4.79. The molecular formula is C13H15FN2OS. The molecular weight excluding hydrogens is 251 g/mol. The van der Waals surface area contributed by atoms with Gasteiger partial charge in [0.1, 0.15) is 10.8 Å². The zero-order valence-corrected chi connectivity index (χ0v) is 11.0. The molecule has 3 nitrogen and oxygen atoms in total. The smallest absolute Gasteiger partial charge is 0.223 e. The monoisotopic (exact) mass is 266 g/mol. The average molecular weight is 266 g/mol. The highest BCUT2D eigenvalue weighted by Gasteiger charge is 2.26. The van der Waals surface area contributed by atoms with Crippen molar-refractivity contribution in [2.45, 2.75) is 19.9 Å². The number of rotatable bonds is 3. The van der Waals surface area contributed by atoms with Crippen LogP contribution in [0.25, 0.3) is 0 Å². The first-order chi connectivity index (χ1) is 8.47. The molecule has 18 heavy (non-hydrogen) atoms. The number of hydrogen-bond acceptors (Lipinski definition) is 2. The zero-order chi connectivity index (χ0) is 13.3. The fourth-order valence-corrected chi connectivity index (χ4v) is 2.36. The van der Waals surface area contributed by atoms with Crippen LogP contribution in [0.3, 0.4) is 0 Å². The summed E-state index contributed by atoms with van der Waals surface area (Å²) in [6.45, 7) is 3.28. The maximum absolute atomic E-state index is 13.4. The van der Waals surface area contributed by atoms with E-state index in [-0.39, 0.29) is 16.5 Å². The van der Waals surface area contributed by atoms with Crippen molar-refractivity contribution in [1.82, 2.24) is 4.90 Å². The summed E-state index contributed by atoms with van der Waals surface area (Å²) in [5.74, 6) is 0.101. The highest BCUT2D eigenvalue weighted by Crippen LogP contribution is 2.20. The van der Waals surface area contributed by atoms with Gasteiger partial charge in [0, 0.05) is 25.1 Å². The molecule has 0 saturated carbocycles. The Bertz CT molecular complexity index is 504. The van der Waals surface area contributed by atoms with Crippen molar-refractivity contribution < 1.29 is 9.18 Å². The summed E-state index contributed by atoms with van der Waals surface area (Å²) < 4.78 is 13.4. The summed E-state index contributed by atoms with van der Waals surface area (Å²) in [5, 5.41) is 0. The van der Waals surface area contributed by atoms with E-state index in [1.807, 2.05) is 6.92 Å². The van der Waals surface area contributed by atoms with Gasteiger partial charge in [-0.15, -0.1) is 0 Å². The van der Waals surface area contributed by atoms with E-state index in [4.69, 9.17) is 18.0 Å². The molecule has 0 radical (unpaired) electrons. The minimum Gasteiger partial charge on any atom is -0.389 e. The van der Waals surface area contributed by atoms with E-state index < -0.39 is 5.82 Å². The Morgan fingerprint density at radius 1 is 1.61 bits per heavy atom. The number of nitrogens with two attached hydrogens (primary N) is 1. The van der Waals surface area contributed by atoms with Gasteiger partial charge in [-0.3, -0.25) is 4.79 Å². The maximum Gasteiger partial charge on any atom is 0.223 e. The van der Waals surface area contributed by atoms with Crippen molar-refractivity contribution in [3.05, 3.63) is 35.1 Å². The molecule has 0 aromatic heterocycles. The van der Waals surface area contributed by atoms with Gasteiger partial charge in [-0.2, -0.15) is 0 Å². The highest BCUT2D eigenvalue weighted by molar-refractivity contribution is 7.80. The van der Waals surface area contributed by atoms with Gasteiger partial charge in [0.2, 0.25) is 5.91 Å². The quantitative estimate of drug-likeness (QED) is 0.849. The van der Waals surface area contributed by atoms with Gasteiger partial charge in [-0.05, 0) is 23.6 Å². The Hall–Kier alpha value is -1.49. The van der Waals surface area contributed by atoms with E-state index in [0.29, 0.717) is 18.9 Å². The first-order valence-electron chi connectivity index (χ1n) is 5.83. The molecule has 1 unspecified atom stereocenters. The van der Waals surface area contributed by atoms with E-state index in [0.717, 1.165) is 12.1 Å². The molecule has 1 aliphatic heterocycles. The summed E-state index contributed by atoms with van der Waals surface area (Å²) in [6.07, 6.45) is 0.587. The molecule has 1 aromatic rings. The number of thiocarbonyl (C=S) groups is 1. The fraction of sp³-hybridized carbons (Fsp3) is 0.385. The van der Waals surface area contributed by atoms with Crippen LogP contribution in [0.4, 0.5) is 4.39 Å². The van der Waals surface area contributed by atoms with Crippen LogP contribution in [-0.2, 0) is 11.3 Å². The third-order valence-electron chi connectivity index (χ3n) is 3.08. The summed E-state index contributed by atoms with van der Waals surface area (Å²) in [4.78, 5) is 13.5. The minimum atomic E-state index is -0.424. The Morgan fingerprint density at radius 2 is 2.33 bits per heavy atom. The van der Waals surface area contributed by atoms with Gasteiger partial charge in [0.15, 0.2) is 0 Å².